The van der Waals surface area contributed by atoms with Crippen LogP contribution in [0.4, 0.5) is 0 Å². The standard InChI is InChI=1S/C19H21N3O6/c1-3-21-6-7-22(12(2)18(21)23)19(24)14-9-26-17(20-14)10-25-13-4-5-15-16(8-13)28-11-27-15/h4-5,8-9,12H,3,6-7,10-11H2,1-2H3. The lowest BCUT2D eigenvalue weighted by atomic mass is 10.1. The van der Waals surface area contributed by atoms with Gasteiger partial charge in [0.25, 0.3) is 5.91 Å². The van der Waals surface area contributed by atoms with Gasteiger partial charge in [0.1, 0.15) is 18.1 Å². The van der Waals surface area contributed by atoms with Gasteiger partial charge < -0.3 is 28.4 Å². The second-order valence-electron chi connectivity index (χ2n) is 6.52. The zero-order valence-electron chi connectivity index (χ0n) is 15.7. The first-order chi connectivity index (χ1) is 13.6. The Morgan fingerprint density at radius 1 is 1.29 bits per heavy atom. The van der Waals surface area contributed by atoms with E-state index in [0.717, 1.165) is 0 Å². The highest BCUT2D eigenvalue weighted by Crippen LogP contribution is 2.35. The normalized spacial score (nSPS) is 18.5. The predicted octanol–water partition coefficient (Wildman–Crippen LogP) is 1.68. The van der Waals surface area contributed by atoms with E-state index in [-0.39, 0.29) is 36.8 Å². The summed E-state index contributed by atoms with van der Waals surface area (Å²) in [4.78, 5) is 32.5. The number of hydrogen-bond donors (Lipinski definition) is 0. The molecule has 3 heterocycles. The lowest BCUT2D eigenvalue weighted by molar-refractivity contribution is -0.139. The van der Waals surface area contributed by atoms with Gasteiger partial charge in [-0.2, -0.15) is 0 Å². The molecule has 2 aliphatic rings. The Hall–Kier alpha value is -3.23. The highest BCUT2D eigenvalue weighted by atomic mass is 16.7. The lowest BCUT2D eigenvalue weighted by Crippen LogP contribution is -2.57. The molecular weight excluding hydrogens is 366 g/mol. The second-order valence-corrected chi connectivity index (χ2v) is 6.52. The van der Waals surface area contributed by atoms with Crippen molar-refractivity contribution in [3.05, 3.63) is 36.0 Å². The fraction of sp³-hybridized carbons (Fsp3) is 0.421. The van der Waals surface area contributed by atoms with Gasteiger partial charge in [-0.1, -0.05) is 0 Å². The average molecular weight is 387 g/mol. The van der Waals surface area contributed by atoms with Crippen LogP contribution in [0.3, 0.4) is 0 Å². The molecule has 1 unspecified atom stereocenters. The summed E-state index contributed by atoms with van der Waals surface area (Å²) >= 11 is 0. The molecule has 9 heteroatoms. The number of oxazole rings is 1. The molecule has 1 atom stereocenters. The van der Waals surface area contributed by atoms with Crippen molar-refractivity contribution >= 4 is 11.8 Å². The van der Waals surface area contributed by atoms with Gasteiger partial charge >= 0.3 is 0 Å². The van der Waals surface area contributed by atoms with Gasteiger partial charge in [0, 0.05) is 25.7 Å². The van der Waals surface area contributed by atoms with Crippen molar-refractivity contribution in [3.8, 4) is 17.2 Å². The third kappa shape index (κ3) is 3.35. The van der Waals surface area contributed by atoms with E-state index in [1.165, 1.54) is 11.2 Å². The monoisotopic (exact) mass is 387 g/mol. The Kier molecular flexibility index (Phi) is 4.81. The van der Waals surface area contributed by atoms with Crippen LogP contribution in [0.5, 0.6) is 17.2 Å². The Bertz CT molecular complexity index is 896. The van der Waals surface area contributed by atoms with Crippen molar-refractivity contribution in [3.63, 3.8) is 0 Å². The third-order valence-electron chi connectivity index (χ3n) is 4.87. The van der Waals surface area contributed by atoms with Gasteiger partial charge in [-0.05, 0) is 26.0 Å². The van der Waals surface area contributed by atoms with Crippen molar-refractivity contribution < 1.29 is 28.2 Å². The summed E-state index contributed by atoms with van der Waals surface area (Å²) in [7, 11) is 0. The quantitative estimate of drug-likeness (QED) is 0.770. The van der Waals surface area contributed by atoms with Gasteiger partial charge in [0.15, 0.2) is 23.8 Å². The summed E-state index contributed by atoms with van der Waals surface area (Å²) < 4.78 is 21.6. The van der Waals surface area contributed by atoms with Crippen LogP contribution in [-0.2, 0) is 11.4 Å². The van der Waals surface area contributed by atoms with Crippen LogP contribution in [0.25, 0.3) is 0 Å². The number of carbonyl (C=O) groups is 2. The number of nitrogens with zero attached hydrogens (tertiary/aromatic N) is 3. The SMILES string of the molecule is CCN1CCN(C(=O)c2coc(COc3ccc4c(c3)OCO4)n2)C(C)C1=O. The highest BCUT2D eigenvalue weighted by Gasteiger charge is 2.35. The summed E-state index contributed by atoms with van der Waals surface area (Å²) in [6.07, 6.45) is 1.30. The maximum Gasteiger partial charge on any atom is 0.276 e. The fourth-order valence-electron chi connectivity index (χ4n) is 3.26. The molecule has 0 saturated carbocycles. The van der Waals surface area contributed by atoms with E-state index in [9.17, 15) is 9.59 Å². The number of rotatable bonds is 5. The number of amides is 2. The number of benzene rings is 1. The molecule has 0 radical (unpaired) electrons. The van der Waals surface area contributed by atoms with E-state index in [0.29, 0.717) is 36.9 Å². The maximum absolute atomic E-state index is 12.7. The molecule has 148 valence electrons. The molecular formula is C19H21N3O6. The van der Waals surface area contributed by atoms with E-state index in [1.54, 1.807) is 30.0 Å². The predicted molar refractivity (Wildman–Crippen MR) is 96.2 cm³/mol. The van der Waals surface area contributed by atoms with E-state index in [4.69, 9.17) is 18.6 Å². The average Bonchev–Trinajstić information content (AvgIpc) is 3.37. The Labute approximate surface area is 161 Å². The van der Waals surface area contributed by atoms with Crippen molar-refractivity contribution in [1.29, 1.82) is 0 Å². The van der Waals surface area contributed by atoms with Crippen LogP contribution >= 0.6 is 0 Å². The largest absolute Gasteiger partial charge is 0.484 e. The van der Waals surface area contributed by atoms with Gasteiger partial charge in [-0.25, -0.2) is 4.98 Å². The van der Waals surface area contributed by atoms with E-state index in [1.807, 2.05) is 6.92 Å². The lowest BCUT2D eigenvalue weighted by Gasteiger charge is -2.38. The van der Waals surface area contributed by atoms with Gasteiger partial charge in [0.2, 0.25) is 18.6 Å². The van der Waals surface area contributed by atoms with Crippen LogP contribution in [0, 0.1) is 0 Å². The molecule has 0 N–H and O–H groups in total. The van der Waals surface area contributed by atoms with Crippen molar-refractivity contribution in [2.45, 2.75) is 26.5 Å². The number of carbonyl (C=O) groups excluding carboxylic acids is 2. The molecule has 9 nitrogen and oxygen atoms in total. The number of aromatic nitrogens is 1. The van der Waals surface area contributed by atoms with Gasteiger partial charge in [-0.3, -0.25) is 9.59 Å². The maximum atomic E-state index is 12.7. The summed E-state index contributed by atoms with van der Waals surface area (Å²) in [5.74, 6) is 1.75. The molecule has 2 amide bonds. The first-order valence-corrected chi connectivity index (χ1v) is 9.13. The molecule has 1 aromatic heterocycles. The zero-order valence-corrected chi connectivity index (χ0v) is 15.7. The first kappa shape index (κ1) is 18.1. The Balaban J connectivity index is 1.39. The van der Waals surface area contributed by atoms with Gasteiger partial charge in [0.05, 0.1) is 0 Å². The summed E-state index contributed by atoms with van der Waals surface area (Å²) in [5.41, 5.74) is 0.161. The molecule has 0 bridgehead atoms. The first-order valence-electron chi connectivity index (χ1n) is 9.13. The zero-order chi connectivity index (χ0) is 19.7. The molecule has 1 fully saturated rings. The third-order valence-corrected chi connectivity index (χ3v) is 4.87. The van der Waals surface area contributed by atoms with Gasteiger partial charge in [-0.15, -0.1) is 0 Å². The molecule has 1 saturated heterocycles. The van der Waals surface area contributed by atoms with Crippen LogP contribution in [0.1, 0.15) is 30.2 Å². The molecule has 0 aliphatic carbocycles. The van der Waals surface area contributed by atoms with E-state index >= 15 is 0 Å². The summed E-state index contributed by atoms with van der Waals surface area (Å²) in [6.45, 7) is 5.52. The molecule has 2 aromatic rings. The number of likely N-dealkylation sites (N-methyl/N-ethyl adjacent to an activating group) is 1. The van der Waals surface area contributed by atoms with Crippen LogP contribution < -0.4 is 14.2 Å². The Morgan fingerprint density at radius 3 is 2.93 bits per heavy atom. The molecule has 1 aromatic carbocycles. The van der Waals surface area contributed by atoms with Crippen molar-refractivity contribution in [1.82, 2.24) is 14.8 Å². The number of hydrogen-bond acceptors (Lipinski definition) is 7. The van der Waals surface area contributed by atoms with Crippen molar-refractivity contribution in [2.75, 3.05) is 26.4 Å². The fourth-order valence-corrected chi connectivity index (χ4v) is 3.26. The van der Waals surface area contributed by atoms with E-state index in [2.05, 4.69) is 4.98 Å². The van der Waals surface area contributed by atoms with Crippen LogP contribution in [-0.4, -0.2) is 59.1 Å². The van der Waals surface area contributed by atoms with Crippen LogP contribution in [0.15, 0.2) is 28.9 Å². The summed E-state index contributed by atoms with van der Waals surface area (Å²) in [5, 5.41) is 0. The van der Waals surface area contributed by atoms with Crippen molar-refractivity contribution in [2.24, 2.45) is 0 Å². The van der Waals surface area contributed by atoms with Crippen LogP contribution in [0.2, 0.25) is 0 Å². The molecule has 2 aliphatic heterocycles. The Morgan fingerprint density at radius 2 is 2.11 bits per heavy atom. The van der Waals surface area contributed by atoms with E-state index < -0.39 is 6.04 Å². The second kappa shape index (κ2) is 7.41. The minimum absolute atomic E-state index is 0.0584. The number of ether oxygens (including phenoxy) is 3. The smallest absolute Gasteiger partial charge is 0.276 e. The minimum Gasteiger partial charge on any atom is -0.484 e. The minimum atomic E-state index is -0.522. The topological polar surface area (TPSA) is 94.3 Å². The number of fused-ring (bicyclic) bond motifs is 1. The molecule has 4 rings (SSSR count). The highest BCUT2D eigenvalue weighted by molar-refractivity contribution is 5.96. The summed E-state index contributed by atoms with van der Waals surface area (Å²) in [6, 6.07) is 4.71. The molecule has 28 heavy (non-hydrogen) atoms. The number of piperazine rings is 1. The molecule has 0 spiro atoms.